The fraction of sp³-hybridized carbons (Fsp3) is 0.179. The van der Waals surface area contributed by atoms with Crippen molar-refractivity contribution in [3.05, 3.63) is 99.5 Å². The van der Waals surface area contributed by atoms with Crippen molar-refractivity contribution in [1.29, 1.82) is 0 Å². The molecule has 7 heteroatoms. The van der Waals surface area contributed by atoms with Gasteiger partial charge in [-0.2, -0.15) is 0 Å². The molecule has 0 aromatic heterocycles. The number of nitrogens with one attached hydrogen (secondary N) is 1. The van der Waals surface area contributed by atoms with Gasteiger partial charge in [-0.3, -0.25) is 19.3 Å². The molecular formula is C28H26N2O4S. The first kappa shape index (κ1) is 24.3. The molecule has 1 fully saturated rings. The van der Waals surface area contributed by atoms with Crippen LogP contribution >= 0.6 is 11.8 Å². The summed E-state index contributed by atoms with van der Waals surface area (Å²) >= 11 is 0.817. The second kappa shape index (κ2) is 10.6. The second-order valence-electron chi connectivity index (χ2n) is 8.43. The highest BCUT2D eigenvalue weighted by molar-refractivity contribution is 8.18. The van der Waals surface area contributed by atoms with Gasteiger partial charge >= 0.3 is 0 Å². The molecule has 3 aromatic carbocycles. The number of ether oxygens (including phenoxy) is 1. The van der Waals surface area contributed by atoms with Crippen molar-refractivity contribution in [2.24, 2.45) is 0 Å². The topological polar surface area (TPSA) is 75.7 Å². The molecule has 4 rings (SSSR count). The minimum Gasteiger partial charge on any atom is -0.488 e. The lowest BCUT2D eigenvalue weighted by atomic mass is 10.1. The van der Waals surface area contributed by atoms with Gasteiger partial charge in [0.2, 0.25) is 5.91 Å². The van der Waals surface area contributed by atoms with E-state index in [-0.39, 0.29) is 11.4 Å². The lowest BCUT2D eigenvalue weighted by Crippen LogP contribution is -2.36. The van der Waals surface area contributed by atoms with Crippen LogP contribution in [0, 0.1) is 20.8 Å². The van der Waals surface area contributed by atoms with E-state index < -0.39 is 17.1 Å². The van der Waals surface area contributed by atoms with Gasteiger partial charge in [0.25, 0.3) is 11.1 Å². The van der Waals surface area contributed by atoms with Crippen molar-refractivity contribution >= 4 is 40.6 Å². The first-order valence-electron chi connectivity index (χ1n) is 11.2. The fourth-order valence-corrected chi connectivity index (χ4v) is 4.35. The number of aryl methyl sites for hydroxylation is 3. The number of rotatable bonds is 7. The van der Waals surface area contributed by atoms with Crippen molar-refractivity contribution in [2.45, 2.75) is 27.4 Å². The number of carbonyl (C=O) groups excluding carboxylic acids is 3. The molecule has 0 atom stereocenters. The standard InChI is InChI=1S/C28H26N2O4S/c1-18-8-11-21(12-9-18)17-34-24-7-5-4-6-22(24)15-25-27(32)30(28(33)35-25)16-26(31)29-23-13-10-19(2)20(3)14-23/h4-15H,16-17H2,1-3H3,(H,29,31)/b25-15+. The van der Waals surface area contributed by atoms with Crippen LogP contribution < -0.4 is 10.1 Å². The summed E-state index contributed by atoms with van der Waals surface area (Å²) in [5, 5.41) is 2.28. The number of hydrogen-bond acceptors (Lipinski definition) is 5. The molecule has 6 nitrogen and oxygen atoms in total. The fourth-order valence-electron chi connectivity index (χ4n) is 3.52. The Morgan fingerprint density at radius 1 is 0.971 bits per heavy atom. The average molecular weight is 487 g/mol. The highest BCUT2D eigenvalue weighted by atomic mass is 32.2. The molecule has 3 amide bonds. The molecule has 1 N–H and O–H groups in total. The Morgan fingerprint density at radius 3 is 2.46 bits per heavy atom. The van der Waals surface area contributed by atoms with Crippen molar-refractivity contribution in [3.63, 3.8) is 0 Å². The number of amides is 3. The smallest absolute Gasteiger partial charge is 0.294 e. The molecule has 178 valence electrons. The Morgan fingerprint density at radius 2 is 1.71 bits per heavy atom. The molecule has 0 radical (unpaired) electrons. The van der Waals surface area contributed by atoms with E-state index in [1.54, 1.807) is 12.1 Å². The van der Waals surface area contributed by atoms with Crippen LogP contribution in [-0.2, 0) is 16.2 Å². The average Bonchev–Trinajstić information content (AvgIpc) is 3.09. The van der Waals surface area contributed by atoms with Crippen LogP contribution in [0.25, 0.3) is 6.08 Å². The summed E-state index contributed by atoms with van der Waals surface area (Å²) < 4.78 is 5.98. The number of anilines is 1. The van der Waals surface area contributed by atoms with Crippen LogP contribution in [0.4, 0.5) is 10.5 Å². The number of carbonyl (C=O) groups is 3. The molecule has 0 unspecified atom stereocenters. The van der Waals surface area contributed by atoms with Crippen LogP contribution in [0.1, 0.15) is 27.8 Å². The Bertz CT molecular complexity index is 1310. The first-order chi connectivity index (χ1) is 16.8. The zero-order valence-corrected chi connectivity index (χ0v) is 20.6. The molecule has 0 spiro atoms. The van der Waals surface area contributed by atoms with E-state index in [2.05, 4.69) is 5.32 Å². The number of nitrogens with zero attached hydrogens (tertiary/aromatic N) is 1. The zero-order valence-electron chi connectivity index (χ0n) is 19.8. The molecule has 1 heterocycles. The van der Waals surface area contributed by atoms with Crippen molar-refractivity contribution in [1.82, 2.24) is 4.90 Å². The van der Waals surface area contributed by atoms with E-state index in [1.165, 1.54) is 5.56 Å². The molecule has 3 aromatic rings. The number of para-hydroxylation sites is 1. The molecule has 0 bridgehead atoms. The van der Waals surface area contributed by atoms with E-state index in [0.717, 1.165) is 33.4 Å². The molecule has 35 heavy (non-hydrogen) atoms. The lowest BCUT2D eigenvalue weighted by Gasteiger charge is -2.13. The summed E-state index contributed by atoms with van der Waals surface area (Å²) in [6.07, 6.45) is 1.64. The second-order valence-corrected chi connectivity index (χ2v) is 9.42. The number of thioether (sulfide) groups is 1. The molecule has 1 aliphatic heterocycles. The predicted octanol–water partition coefficient (Wildman–Crippen LogP) is 5.87. The SMILES string of the molecule is Cc1ccc(COc2ccccc2/C=C2/SC(=O)N(CC(=O)Nc3ccc(C)c(C)c3)C2=O)cc1. The maximum atomic E-state index is 12.9. The Kier molecular flexibility index (Phi) is 7.36. The molecule has 1 aliphatic rings. The van der Waals surface area contributed by atoms with Gasteiger partial charge in [-0.1, -0.05) is 54.1 Å². The maximum absolute atomic E-state index is 12.9. The monoisotopic (exact) mass is 486 g/mol. The third-order valence-corrected chi connectivity index (χ3v) is 6.59. The highest BCUT2D eigenvalue weighted by Gasteiger charge is 2.36. The molecule has 0 aliphatic carbocycles. The predicted molar refractivity (Wildman–Crippen MR) is 139 cm³/mol. The normalized spacial score (nSPS) is 14.5. The van der Waals surface area contributed by atoms with Gasteiger partial charge in [0.15, 0.2) is 0 Å². The van der Waals surface area contributed by atoms with Crippen molar-refractivity contribution in [2.75, 3.05) is 11.9 Å². The summed E-state index contributed by atoms with van der Waals surface area (Å²) in [7, 11) is 0. The molecule has 0 saturated carbocycles. The maximum Gasteiger partial charge on any atom is 0.294 e. The molecular weight excluding hydrogens is 460 g/mol. The summed E-state index contributed by atoms with van der Waals surface area (Å²) in [5.41, 5.74) is 5.67. The lowest BCUT2D eigenvalue weighted by molar-refractivity contribution is -0.127. The van der Waals surface area contributed by atoms with Crippen molar-refractivity contribution in [3.8, 4) is 5.75 Å². The summed E-state index contributed by atoms with van der Waals surface area (Å²) in [4.78, 5) is 39.2. The Labute approximate surface area is 209 Å². The number of hydrogen-bond donors (Lipinski definition) is 1. The van der Waals surface area contributed by atoms with Gasteiger partial charge in [0, 0.05) is 11.3 Å². The van der Waals surface area contributed by atoms with E-state index in [4.69, 9.17) is 4.74 Å². The first-order valence-corrected chi connectivity index (χ1v) is 12.0. The van der Waals surface area contributed by atoms with E-state index in [1.807, 2.05) is 81.4 Å². The summed E-state index contributed by atoms with van der Waals surface area (Å²) in [6.45, 7) is 6.00. The third kappa shape index (κ3) is 6.00. The quantitative estimate of drug-likeness (QED) is 0.423. The van der Waals surface area contributed by atoms with Crippen molar-refractivity contribution < 1.29 is 19.1 Å². The van der Waals surface area contributed by atoms with E-state index >= 15 is 0 Å². The van der Waals surface area contributed by atoms with Gasteiger partial charge in [0.05, 0.1) is 4.91 Å². The zero-order chi connectivity index (χ0) is 24.9. The van der Waals surface area contributed by atoms with E-state index in [9.17, 15) is 14.4 Å². The van der Waals surface area contributed by atoms with Crippen LogP contribution in [0.15, 0.2) is 71.6 Å². The third-order valence-electron chi connectivity index (χ3n) is 5.69. The van der Waals surface area contributed by atoms with Gasteiger partial charge in [-0.25, -0.2) is 0 Å². The van der Waals surface area contributed by atoms with Gasteiger partial charge in [0.1, 0.15) is 18.9 Å². The van der Waals surface area contributed by atoms with Crippen LogP contribution in [0.2, 0.25) is 0 Å². The summed E-state index contributed by atoms with van der Waals surface area (Å²) in [6, 6.07) is 21.0. The number of imide groups is 1. The van der Waals surface area contributed by atoms with Gasteiger partial charge in [-0.15, -0.1) is 0 Å². The van der Waals surface area contributed by atoms with Crippen LogP contribution in [0.5, 0.6) is 5.75 Å². The van der Waals surface area contributed by atoms with Crippen LogP contribution in [0.3, 0.4) is 0 Å². The summed E-state index contributed by atoms with van der Waals surface area (Å²) in [5.74, 6) is -0.324. The minimum atomic E-state index is -0.497. The van der Waals surface area contributed by atoms with Gasteiger partial charge in [-0.05, 0) is 73.5 Å². The Balaban J connectivity index is 1.44. The largest absolute Gasteiger partial charge is 0.488 e. The van der Waals surface area contributed by atoms with E-state index in [0.29, 0.717) is 23.6 Å². The number of benzene rings is 3. The Hall–Kier alpha value is -3.84. The van der Waals surface area contributed by atoms with Crippen LogP contribution in [-0.4, -0.2) is 28.5 Å². The highest BCUT2D eigenvalue weighted by Crippen LogP contribution is 2.34. The van der Waals surface area contributed by atoms with Gasteiger partial charge < -0.3 is 10.1 Å². The minimum absolute atomic E-state index is 0.250. The molecule has 1 saturated heterocycles.